The molecule has 21 heavy (non-hydrogen) atoms. The molecule has 0 fully saturated rings. The van der Waals surface area contributed by atoms with Crippen molar-refractivity contribution in [3.8, 4) is 0 Å². The summed E-state index contributed by atoms with van der Waals surface area (Å²) in [5, 5.41) is 12.4. The first-order valence-corrected chi connectivity index (χ1v) is 7.34. The lowest BCUT2D eigenvalue weighted by atomic mass is 9.94. The van der Waals surface area contributed by atoms with Gasteiger partial charge in [0.05, 0.1) is 5.56 Å². The standard InChI is InChI=1S/C16H22N2O3/c1-11(2)17-8-6-15(19)18-9-7-13-12(10-18)4-3-5-14(13)16(20)21/h3-5,11,17H,6-10H2,1-2H3,(H,20,21). The molecule has 0 saturated carbocycles. The van der Waals surface area contributed by atoms with Gasteiger partial charge in [-0.15, -0.1) is 0 Å². The van der Waals surface area contributed by atoms with Crippen LogP contribution >= 0.6 is 0 Å². The molecule has 1 heterocycles. The number of fused-ring (bicyclic) bond motifs is 1. The second-order valence-electron chi connectivity index (χ2n) is 5.67. The molecule has 2 N–H and O–H groups in total. The molecule has 2 rings (SSSR count). The number of hydrogen-bond donors (Lipinski definition) is 2. The van der Waals surface area contributed by atoms with Crippen LogP contribution in [0.5, 0.6) is 0 Å². The maximum Gasteiger partial charge on any atom is 0.335 e. The molecule has 114 valence electrons. The molecule has 0 unspecified atom stereocenters. The van der Waals surface area contributed by atoms with Gasteiger partial charge in [0.1, 0.15) is 0 Å². The molecule has 0 bridgehead atoms. The Hall–Kier alpha value is -1.88. The molecule has 1 aliphatic heterocycles. The molecule has 0 saturated heterocycles. The number of rotatable bonds is 5. The first-order valence-electron chi connectivity index (χ1n) is 7.34. The van der Waals surface area contributed by atoms with Crippen molar-refractivity contribution >= 4 is 11.9 Å². The third kappa shape index (κ3) is 3.82. The molecule has 5 nitrogen and oxygen atoms in total. The molecule has 1 amide bonds. The summed E-state index contributed by atoms with van der Waals surface area (Å²) in [6, 6.07) is 5.66. The zero-order valence-corrected chi connectivity index (χ0v) is 12.6. The van der Waals surface area contributed by atoms with Crippen LogP contribution in [0.4, 0.5) is 0 Å². The average Bonchev–Trinajstić information content (AvgIpc) is 2.45. The lowest BCUT2D eigenvalue weighted by Gasteiger charge is -2.30. The number of carboxylic acid groups (broad SMARTS) is 1. The molecule has 0 aliphatic carbocycles. The molecule has 0 radical (unpaired) electrons. The van der Waals surface area contributed by atoms with E-state index in [4.69, 9.17) is 0 Å². The smallest absolute Gasteiger partial charge is 0.335 e. The maximum absolute atomic E-state index is 12.2. The van der Waals surface area contributed by atoms with Crippen molar-refractivity contribution in [2.24, 2.45) is 0 Å². The Bertz CT molecular complexity index is 540. The highest BCUT2D eigenvalue weighted by atomic mass is 16.4. The van der Waals surface area contributed by atoms with Gasteiger partial charge in [-0.05, 0) is 23.6 Å². The van der Waals surface area contributed by atoms with Gasteiger partial charge in [-0.2, -0.15) is 0 Å². The van der Waals surface area contributed by atoms with Gasteiger partial charge >= 0.3 is 5.97 Å². The minimum Gasteiger partial charge on any atom is -0.478 e. The van der Waals surface area contributed by atoms with E-state index in [1.54, 1.807) is 12.1 Å². The Labute approximate surface area is 125 Å². The molecule has 1 aromatic carbocycles. The van der Waals surface area contributed by atoms with E-state index in [0.29, 0.717) is 44.1 Å². The number of benzene rings is 1. The predicted octanol–water partition coefficient (Wildman–Crippen LogP) is 1.66. The summed E-state index contributed by atoms with van der Waals surface area (Å²) < 4.78 is 0. The Balaban J connectivity index is 2.01. The summed E-state index contributed by atoms with van der Waals surface area (Å²) in [6.45, 7) is 5.88. The normalized spacial score (nSPS) is 14.1. The van der Waals surface area contributed by atoms with Crippen LogP contribution in [0.25, 0.3) is 0 Å². The summed E-state index contributed by atoms with van der Waals surface area (Å²) in [4.78, 5) is 25.2. The average molecular weight is 290 g/mol. The van der Waals surface area contributed by atoms with E-state index in [1.165, 1.54) is 0 Å². The fourth-order valence-electron chi connectivity index (χ4n) is 2.65. The first-order chi connectivity index (χ1) is 9.99. The largest absolute Gasteiger partial charge is 0.478 e. The highest BCUT2D eigenvalue weighted by molar-refractivity contribution is 5.90. The maximum atomic E-state index is 12.2. The molecular weight excluding hydrogens is 268 g/mol. The van der Waals surface area contributed by atoms with E-state index in [-0.39, 0.29) is 5.91 Å². The lowest BCUT2D eigenvalue weighted by Crippen LogP contribution is -2.38. The monoisotopic (exact) mass is 290 g/mol. The second-order valence-corrected chi connectivity index (χ2v) is 5.67. The Morgan fingerprint density at radius 3 is 2.81 bits per heavy atom. The van der Waals surface area contributed by atoms with Crippen LogP contribution < -0.4 is 5.32 Å². The van der Waals surface area contributed by atoms with Crippen LogP contribution in [0.3, 0.4) is 0 Å². The highest BCUT2D eigenvalue weighted by Gasteiger charge is 2.23. The number of carboxylic acids is 1. The number of carbonyl (C=O) groups excluding carboxylic acids is 1. The molecule has 0 atom stereocenters. The lowest BCUT2D eigenvalue weighted by molar-refractivity contribution is -0.132. The zero-order chi connectivity index (χ0) is 15.4. The van der Waals surface area contributed by atoms with Crippen LogP contribution in [0.2, 0.25) is 0 Å². The predicted molar refractivity (Wildman–Crippen MR) is 80.3 cm³/mol. The fraction of sp³-hybridized carbons (Fsp3) is 0.500. The molecule has 1 aliphatic rings. The number of amides is 1. The number of nitrogens with one attached hydrogen (secondary N) is 1. The van der Waals surface area contributed by atoms with Gasteiger partial charge in [0.15, 0.2) is 0 Å². The van der Waals surface area contributed by atoms with Crippen LogP contribution in [0.15, 0.2) is 18.2 Å². The van der Waals surface area contributed by atoms with Gasteiger partial charge in [-0.1, -0.05) is 26.0 Å². The van der Waals surface area contributed by atoms with Gasteiger partial charge in [0.25, 0.3) is 0 Å². The first kappa shape index (κ1) is 15.5. The summed E-state index contributed by atoms with van der Waals surface area (Å²) in [5.74, 6) is -0.776. The molecule has 0 aromatic heterocycles. The van der Waals surface area contributed by atoms with E-state index < -0.39 is 5.97 Å². The fourth-order valence-corrected chi connectivity index (χ4v) is 2.65. The third-order valence-electron chi connectivity index (χ3n) is 3.74. The summed E-state index contributed by atoms with van der Waals surface area (Å²) in [7, 11) is 0. The minimum absolute atomic E-state index is 0.120. The summed E-state index contributed by atoms with van der Waals surface area (Å²) in [5.41, 5.74) is 2.18. The van der Waals surface area contributed by atoms with Crippen molar-refractivity contribution in [1.82, 2.24) is 10.2 Å². The van der Waals surface area contributed by atoms with E-state index in [0.717, 1.165) is 11.1 Å². The summed E-state index contributed by atoms with van der Waals surface area (Å²) >= 11 is 0. The van der Waals surface area contributed by atoms with E-state index in [1.807, 2.05) is 11.0 Å². The quantitative estimate of drug-likeness (QED) is 0.865. The number of nitrogens with zero attached hydrogens (tertiary/aromatic N) is 1. The van der Waals surface area contributed by atoms with Crippen molar-refractivity contribution in [3.05, 3.63) is 34.9 Å². The number of aromatic carboxylic acids is 1. The van der Waals surface area contributed by atoms with Gasteiger partial charge in [-0.25, -0.2) is 4.79 Å². The Kier molecular flexibility index (Phi) is 4.96. The summed E-state index contributed by atoms with van der Waals surface area (Å²) in [6.07, 6.45) is 1.09. The van der Waals surface area contributed by atoms with Crippen molar-refractivity contribution in [3.63, 3.8) is 0 Å². The van der Waals surface area contributed by atoms with Gasteiger partial charge < -0.3 is 15.3 Å². The van der Waals surface area contributed by atoms with Crippen molar-refractivity contribution in [2.45, 2.75) is 39.3 Å². The SMILES string of the molecule is CC(C)NCCC(=O)N1CCc2c(cccc2C(=O)O)C1. The van der Waals surface area contributed by atoms with E-state index in [9.17, 15) is 14.7 Å². The van der Waals surface area contributed by atoms with Gasteiger partial charge in [0, 0.05) is 32.1 Å². The molecule has 0 spiro atoms. The van der Waals surface area contributed by atoms with Crippen LogP contribution in [0, 0.1) is 0 Å². The Morgan fingerprint density at radius 1 is 1.38 bits per heavy atom. The highest BCUT2D eigenvalue weighted by Crippen LogP contribution is 2.23. The number of carbonyl (C=O) groups is 2. The van der Waals surface area contributed by atoms with Crippen molar-refractivity contribution < 1.29 is 14.7 Å². The number of hydrogen-bond acceptors (Lipinski definition) is 3. The van der Waals surface area contributed by atoms with Gasteiger partial charge in [-0.3, -0.25) is 4.79 Å². The third-order valence-corrected chi connectivity index (χ3v) is 3.74. The topological polar surface area (TPSA) is 69.6 Å². The van der Waals surface area contributed by atoms with Gasteiger partial charge in [0.2, 0.25) is 5.91 Å². The minimum atomic E-state index is -0.896. The van der Waals surface area contributed by atoms with Crippen molar-refractivity contribution in [1.29, 1.82) is 0 Å². The second kappa shape index (κ2) is 6.72. The van der Waals surface area contributed by atoms with E-state index >= 15 is 0 Å². The molecular formula is C16H22N2O3. The van der Waals surface area contributed by atoms with Crippen LogP contribution in [0.1, 0.15) is 41.8 Å². The van der Waals surface area contributed by atoms with Crippen molar-refractivity contribution in [2.75, 3.05) is 13.1 Å². The Morgan fingerprint density at radius 2 is 2.14 bits per heavy atom. The van der Waals surface area contributed by atoms with Crippen LogP contribution in [-0.4, -0.2) is 41.0 Å². The van der Waals surface area contributed by atoms with E-state index in [2.05, 4.69) is 19.2 Å². The van der Waals surface area contributed by atoms with Crippen LogP contribution in [-0.2, 0) is 17.8 Å². The molecule has 5 heteroatoms. The molecule has 1 aromatic rings. The zero-order valence-electron chi connectivity index (χ0n) is 12.6.